The van der Waals surface area contributed by atoms with Crippen molar-refractivity contribution in [2.75, 3.05) is 20.2 Å². The largest absolute Gasteiger partial charge is 0.480 e. The van der Waals surface area contributed by atoms with Crippen molar-refractivity contribution in [3.05, 3.63) is 107 Å². The van der Waals surface area contributed by atoms with Gasteiger partial charge < -0.3 is 20.5 Å². The highest BCUT2D eigenvalue weighted by Crippen LogP contribution is 2.44. The summed E-state index contributed by atoms with van der Waals surface area (Å²) in [6.07, 6.45) is 0.925. The summed E-state index contributed by atoms with van der Waals surface area (Å²) >= 11 is 0. The van der Waals surface area contributed by atoms with E-state index in [1.807, 2.05) is 59.5 Å². The minimum Gasteiger partial charge on any atom is -0.480 e. The molecule has 216 valence electrons. The Bertz CT molecular complexity index is 1510. The first-order valence-corrected chi connectivity index (χ1v) is 13.6. The van der Waals surface area contributed by atoms with Crippen molar-refractivity contribution >= 4 is 18.0 Å². The molecule has 5 rings (SSSR count). The van der Waals surface area contributed by atoms with Crippen molar-refractivity contribution in [3.63, 3.8) is 0 Å². The Hall–Kier alpha value is -5.03. The van der Waals surface area contributed by atoms with Gasteiger partial charge in [0.1, 0.15) is 24.9 Å². The summed E-state index contributed by atoms with van der Waals surface area (Å²) in [6.45, 7) is 0.703. The Morgan fingerprint density at radius 2 is 1.62 bits per heavy atom. The highest BCUT2D eigenvalue weighted by Gasteiger charge is 2.29. The average molecular weight is 569 g/mol. The van der Waals surface area contributed by atoms with Gasteiger partial charge in [-0.2, -0.15) is 0 Å². The van der Waals surface area contributed by atoms with Crippen LogP contribution in [0, 0.1) is 0 Å². The molecule has 2 amide bonds. The van der Waals surface area contributed by atoms with Gasteiger partial charge in [0.25, 0.3) is 0 Å². The lowest BCUT2D eigenvalue weighted by molar-refractivity contribution is -0.142. The summed E-state index contributed by atoms with van der Waals surface area (Å²) in [5.74, 6) is -1.69. The zero-order chi connectivity index (χ0) is 29.5. The molecular weight excluding hydrogens is 536 g/mol. The molecule has 3 N–H and O–H groups in total. The van der Waals surface area contributed by atoms with Gasteiger partial charge in [0, 0.05) is 19.0 Å². The molecule has 0 saturated carbocycles. The van der Waals surface area contributed by atoms with Crippen LogP contribution in [0.5, 0.6) is 0 Å². The zero-order valence-corrected chi connectivity index (χ0v) is 23.1. The molecule has 1 aliphatic rings. The number of carboxylic acids is 1. The summed E-state index contributed by atoms with van der Waals surface area (Å²) in [7, 11) is 1.79. The molecule has 1 heterocycles. The third kappa shape index (κ3) is 6.99. The number of nitrogens with one attached hydrogen (secondary N) is 2. The van der Waals surface area contributed by atoms with Gasteiger partial charge in [0.05, 0.1) is 12.7 Å². The fourth-order valence-corrected chi connectivity index (χ4v) is 5.15. The van der Waals surface area contributed by atoms with E-state index in [1.165, 1.54) is 10.9 Å². The van der Waals surface area contributed by atoms with Crippen LogP contribution in [0.2, 0.25) is 0 Å². The van der Waals surface area contributed by atoms with E-state index in [1.54, 1.807) is 7.05 Å². The lowest BCUT2D eigenvalue weighted by Gasteiger charge is -2.22. The molecule has 11 heteroatoms. The zero-order valence-electron chi connectivity index (χ0n) is 23.1. The second kappa shape index (κ2) is 13.1. The van der Waals surface area contributed by atoms with Crippen LogP contribution < -0.4 is 10.6 Å². The smallest absolute Gasteiger partial charge is 0.407 e. The third-order valence-corrected chi connectivity index (χ3v) is 7.07. The van der Waals surface area contributed by atoms with Gasteiger partial charge in [-0.15, -0.1) is 5.10 Å². The number of fused-ring (bicyclic) bond motifs is 3. The number of amides is 2. The van der Waals surface area contributed by atoms with E-state index in [-0.39, 0.29) is 32.2 Å². The van der Waals surface area contributed by atoms with Crippen LogP contribution in [0.4, 0.5) is 4.79 Å². The number of likely N-dealkylation sites (N-methyl/N-ethyl adjacent to an activating group) is 1. The molecule has 0 radical (unpaired) electrons. The van der Waals surface area contributed by atoms with Gasteiger partial charge in [-0.05, 0) is 34.9 Å². The summed E-state index contributed by atoms with van der Waals surface area (Å²) in [5, 5.41) is 22.7. The van der Waals surface area contributed by atoms with E-state index < -0.39 is 24.0 Å². The van der Waals surface area contributed by atoms with E-state index in [2.05, 4.69) is 45.2 Å². The van der Waals surface area contributed by atoms with Crippen LogP contribution in [-0.4, -0.2) is 69.2 Å². The van der Waals surface area contributed by atoms with Crippen molar-refractivity contribution in [2.24, 2.45) is 0 Å². The fraction of sp³-hybridized carbons (Fsp3) is 0.258. The topological polar surface area (TPSA) is 139 Å². The van der Waals surface area contributed by atoms with Gasteiger partial charge in [0.2, 0.25) is 5.91 Å². The number of carbonyl (C=O) groups is 3. The Kier molecular flexibility index (Phi) is 8.88. The first kappa shape index (κ1) is 28.5. The van der Waals surface area contributed by atoms with E-state index in [9.17, 15) is 19.5 Å². The third-order valence-electron chi connectivity index (χ3n) is 7.07. The van der Waals surface area contributed by atoms with Gasteiger partial charge in [-0.1, -0.05) is 84.1 Å². The van der Waals surface area contributed by atoms with Crippen molar-refractivity contribution in [2.45, 2.75) is 31.6 Å². The summed E-state index contributed by atoms with van der Waals surface area (Å²) in [4.78, 5) is 38.6. The predicted octanol–water partition coefficient (Wildman–Crippen LogP) is 3.02. The predicted molar refractivity (Wildman–Crippen MR) is 154 cm³/mol. The van der Waals surface area contributed by atoms with Gasteiger partial charge >= 0.3 is 12.1 Å². The lowest BCUT2D eigenvalue weighted by atomic mass is 9.98. The molecule has 1 aliphatic carbocycles. The van der Waals surface area contributed by atoms with E-state index in [0.29, 0.717) is 12.2 Å². The maximum atomic E-state index is 12.6. The van der Waals surface area contributed by atoms with Crippen LogP contribution in [0.1, 0.15) is 28.3 Å². The lowest BCUT2D eigenvalue weighted by Crippen LogP contribution is -2.48. The number of aliphatic carboxylic acids is 1. The van der Waals surface area contributed by atoms with E-state index >= 15 is 0 Å². The number of rotatable bonds is 12. The van der Waals surface area contributed by atoms with Gasteiger partial charge in [-0.25, -0.2) is 14.3 Å². The standard InChI is InChI=1S/C31H32N6O5/c1-36(16-21-9-3-2-4-10-21)18-28(30(39)40)33-29(38)19-37-17-22(34-35-37)15-32-31(41)42-20-27-25-13-7-5-11-23(25)24-12-6-8-14-26(24)27/h2-14,17,27-28H,15-16,18-20H2,1H3,(H,32,41)(H,33,38)(H,39,40). The number of ether oxygens (including phenoxy) is 1. The second-order valence-electron chi connectivity index (χ2n) is 10.2. The van der Waals surface area contributed by atoms with Crippen LogP contribution in [0.3, 0.4) is 0 Å². The van der Waals surface area contributed by atoms with E-state index in [4.69, 9.17) is 4.74 Å². The summed E-state index contributed by atoms with van der Waals surface area (Å²) in [6, 6.07) is 24.8. The minimum atomic E-state index is -1.13. The average Bonchev–Trinajstić information content (AvgIpc) is 3.57. The van der Waals surface area contributed by atoms with Crippen LogP contribution in [-0.2, 0) is 34.0 Å². The highest BCUT2D eigenvalue weighted by molar-refractivity contribution is 5.83. The number of hydrogen-bond donors (Lipinski definition) is 3. The molecule has 3 aromatic carbocycles. The number of carbonyl (C=O) groups excluding carboxylic acids is 2. The Morgan fingerprint density at radius 3 is 2.29 bits per heavy atom. The quantitative estimate of drug-likeness (QED) is 0.237. The molecule has 0 fully saturated rings. The van der Waals surface area contributed by atoms with Gasteiger partial charge in [-0.3, -0.25) is 9.69 Å². The van der Waals surface area contributed by atoms with Crippen molar-refractivity contribution in [1.82, 2.24) is 30.5 Å². The number of nitrogens with zero attached hydrogens (tertiary/aromatic N) is 4. The molecule has 0 saturated heterocycles. The monoisotopic (exact) mass is 568 g/mol. The minimum absolute atomic E-state index is 0.0460. The van der Waals surface area contributed by atoms with Gasteiger partial charge in [0.15, 0.2) is 0 Å². The molecule has 1 atom stereocenters. The molecule has 0 spiro atoms. The maximum absolute atomic E-state index is 12.6. The molecule has 0 bridgehead atoms. The number of hydrogen-bond acceptors (Lipinski definition) is 7. The van der Waals surface area contributed by atoms with Crippen molar-refractivity contribution in [3.8, 4) is 11.1 Å². The fourth-order valence-electron chi connectivity index (χ4n) is 5.15. The first-order valence-electron chi connectivity index (χ1n) is 13.6. The number of benzene rings is 3. The Morgan fingerprint density at radius 1 is 0.976 bits per heavy atom. The SMILES string of the molecule is CN(Cc1ccccc1)CC(NC(=O)Cn1cc(CNC(=O)OCC2c3ccccc3-c3ccccc32)nn1)C(=O)O. The molecule has 0 aliphatic heterocycles. The number of carboxylic acid groups (broad SMARTS) is 1. The van der Waals surface area contributed by atoms with Crippen LogP contribution in [0.25, 0.3) is 11.1 Å². The highest BCUT2D eigenvalue weighted by atomic mass is 16.5. The molecule has 1 aromatic heterocycles. The van der Waals surface area contributed by atoms with Crippen molar-refractivity contribution in [1.29, 1.82) is 0 Å². The summed E-state index contributed by atoms with van der Waals surface area (Å²) in [5.41, 5.74) is 6.01. The summed E-state index contributed by atoms with van der Waals surface area (Å²) < 4.78 is 6.83. The number of alkyl carbamates (subject to hydrolysis) is 1. The van der Waals surface area contributed by atoms with Crippen molar-refractivity contribution < 1.29 is 24.2 Å². The maximum Gasteiger partial charge on any atom is 0.407 e. The molecule has 1 unspecified atom stereocenters. The molecule has 11 nitrogen and oxygen atoms in total. The second-order valence-corrected chi connectivity index (χ2v) is 10.2. The van der Waals surface area contributed by atoms with E-state index in [0.717, 1.165) is 27.8 Å². The Balaban J connectivity index is 1.08. The van der Waals surface area contributed by atoms with Crippen LogP contribution >= 0.6 is 0 Å². The first-order chi connectivity index (χ1) is 20.4. The van der Waals surface area contributed by atoms with Crippen LogP contribution in [0.15, 0.2) is 85.1 Å². The molecular formula is C31H32N6O5. The molecule has 42 heavy (non-hydrogen) atoms. The Labute approximate surface area is 243 Å². The normalized spacial score (nSPS) is 12.8. The number of aromatic nitrogens is 3. The molecule has 4 aromatic rings.